The van der Waals surface area contributed by atoms with E-state index in [0.717, 1.165) is 32.1 Å². The average Bonchev–Trinajstić information content (AvgIpc) is 2.52. The van der Waals surface area contributed by atoms with Gasteiger partial charge in [0.05, 0.1) is 0 Å². The Balaban J connectivity index is 2.17. The third kappa shape index (κ3) is 3.52. The van der Waals surface area contributed by atoms with Crippen LogP contribution in [-0.2, 0) is 9.53 Å². The summed E-state index contributed by atoms with van der Waals surface area (Å²) in [6.07, 6.45) is 8.07. The summed E-state index contributed by atoms with van der Waals surface area (Å²) in [6.45, 7) is 4.17. The summed E-state index contributed by atoms with van der Waals surface area (Å²) < 4.78 is 5.36. The van der Waals surface area contributed by atoms with Crippen LogP contribution in [0.2, 0.25) is 0 Å². The van der Waals surface area contributed by atoms with E-state index in [1.165, 1.54) is 5.57 Å². The predicted molar refractivity (Wildman–Crippen MR) is 57.0 cm³/mol. The standard InChI is InChI=1S/C12H20O2/c1-3-4-5-9-12(13)14-11-8-6-7-10(11)2/h7,11H,3-6,8-9H2,1-2H3/t11-/m1/s1. The zero-order valence-electron chi connectivity index (χ0n) is 9.21. The molecule has 0 radical (unpaired) electrons. The third-order valence-electron chi connectivity index (χ3n) is 2.66. The van der Waals surface area contributed by atoms with Gasteiger partial charge in [0.25, 0.3) is 0 Å². The molecule has 0 unspecified atom stereocenters. The van der Waals surface area contributed by atoms with Crippen molar-refractivity contribution >= 4 is 5.97 Å². The van der Waals surface area contributed by atoms with Crippen molar-refractivity contribution in [3.05, 3.63) is 11.6 Å². The van der Waals surface area contributed by atoms with Gasteiger partial charge in [0.2, 0.25) is 0 Å². The Morgan fingerprint density at radius 2 is 2.36 bits per heavy atom. The van der Waals surface area contributed by atoms with E-state index in [1.54, 1.807) is 0 Å². The number of hydrogen-bond acceptors (Lipinski definition) is 2. The molecule has 1 atom stereocenters. The van der Waals surface area contributed by atoms with Gasteiger partial charge in [0.1, 0.15) is 6.10 Å². The van der Waals surface area contributed by atoms with Crippen LogP contribution in [0.1, 0.15) is 52.4 Å². The van der Waals surface area contributed by atoms with Gasteiger partial charge < -0.3 is 4.74 Å². The summed E-state index contributed by atoms with van der Waals surface area (Å²) in [5.74, 6) is -0.0295. The zero-order chi connectivity index (χ0) is 10.4. The molecule has 2 nitrogen and oxygen atoms in total. The van der Waals surface area contributed by atoms with Crippen LogP contribution < -0.4 is 0 Å². The summed E-state index contributed by atoms with van der Waals surface area (Å²) in [4.78, 5) is 11.4. The van der Waals surface area contributed by atoms with Crippen LogP contribution in [0.25, 0.3) is 0 Å². The van der Waals surface area contributed by atoms with Crippen molar-refractivity contribution < 1.29 is 9.53 Å². The molecule has 1 rings (SSSR count). The van der Waals surface area contributed by atoms with Crippen LogP contribution in [0.4, 0.5) is 0 Å². The van der Waals surface area contributed by atoms with Crippen molar-refractivity contribution in [2.75, 3.05) is 0 Å². The molecule has 0 amide bonds. The lowest BCUT2D eigenvalue weighted by Gasteiger charge is -2.13. The van der Waals surface area contributed by atoms with E-state index in [2.05, 4.69) is 13.0 Å². The lowest BCUT2D eigenvalue weighted by atomic mass is 10.2. The number of esters is 1. The molecule has 14 heavy (non-hydrogen) atoms. The minimum atomic E-state index is -0.0295. The highest BCUT2D eigenvalue weighted by Gasteiger charge is 2.19. The highest BCUT2D eigenvalue weighted by atomic mass is 16.5. The van der Waals surface area contributed by atoms with Crippen molar-refractivity contribution in [2.45, 2.75) is 58.5 Å². The fourth-order valence-electron chi connectivity index (χ4n) is 1.71. The Kier molecular flexibility index (Phi) is 4.71. The second-order valence-corrected chi connectivity index (χ2v) is 3.96. The first-order valence-corrected chi connectivity index (χ1v) is 5.60. The summed E-state index contributed by atoms with van der Waals surface area (Å²) in [6, 6.07) is 0. The number of hydrogen-bond donors (Lipinski definition) is 0. The van der Waals surface area contributed by atoms with Gasteiger partial charge in [0.15, 0.2) is 0 Å². The van der Waals surface area contributed by atoms with Crippen LogP contribution in [0.15, 0.2) is 11.6 Å². The Morgan fingerprint density at radius 1 is 1.57 bits per heavy atom. The molecule has 0 aliphatic heterocycles. The van der Waals surface area contributed by atoms with Crippen molar-refractivity contribution in [1.29, 1.82) is 0 Å². The molecule has 0 saturated carbocycles. The van der Waals surface area contributed by atoms with Crippen LogP contribution in [0.5, 0.6) is 0 Å². The Bertz CT molecular complexity index is 218. The van der Waals surface area contributed by atoms with Crippen LogP contribution in [0, 0.1) is 0 Å². The molecular formula is C12H20O2. The summed E-state index contributed by atoms with van der Waals surface area (Å²) in [5.41, 5.74) is 1.22. The van der Waals surface area contributed by atoms with E-state index >= 15 is 0 Å². The molecule has 0 N–H and O–H groups in total. The molecule has 0 heterocycles. The van der Waals surface area contributed by atoms with Crippen molar-refractivity contribution in [3.63, 3.8) is 0 Å². The Labute approximate surface area is 86.3 Å². The van der Waals surface area contributed by atoms with Gasteiger partial charge in [-0.05, 0) is 31.8 Å². The predicted octanol–water partition coefficient (Wildman–Crippen LogP) is 3.22. The summed E-state index contributed by atoms with van der Waals surface area (Å²) >= 11 is 0. The van der Waals surface area contributed by atoms with Gasteiger partial charge in [-0.1, -0.05) is 25.8 Å². The maximum absolute atomic E-state index is 11.4. The molecule has 0 aromatic rings. The lowest BCUT2D eigenvalue weighted by molar-refractivity contribution is -0.147. The van der Waals surface area contributed by atoms with Crippen molar-refractivity contribution in [3.8, 4) is 0 Å². The van der Waals surface area contributed by atoms with E-state index < -0.39 is 0 Å². The third-order valence-corrected chi connectivity index (χ3v) is 2.66. The van der Waals surface area contributed by atoms with Gasteiger partial charge in [-0.15, -0.1) is 0 Å². The minimum Gasteiger partial charge on any atom is -0.458 e. The van der Waals surface area contributed by atoms with E-state index in [0.29, 0.717) is 6.42 Å². The molecule has 1 aliphatic carbocycles. The topological polar surface area (TPSA) is 26.3 Å². The zero-order valence-corrected chi connectivity index (χ0v) is 9.21. The van der Waals surface area contributed by atoms with Crippen LogP contribution in [0.3, 0.4) is 0 Å². The fourth-order valence-corrected chi connectivity index (χ4v) is 1.71. The average molecular weight is 196 g/mol. The maximum Gasteiger partial charge on any atom is 0.306 e. The van der Waals surface area contributed by atoms with Gasteiger partial charge >= 0.3 is 5.97 Å². The van der Waals surface area contributed by atoms with E-state index in [1.807, 2.05) is 6.92 Å². The van der Waals surface area contributed by atoms with Gasteiger partial charge in [-0.2, -0.15) is 0 Å². The van der Waals surface area contributed by atoms with Crippen LogP contribution >= 0.6 is 0 Å². The number of rotatable bonds is 5. The molecule has 1 aliphatic rings. The number of allylic oxidation sites excluding steroid dienone is 1. The Morgan fingerprint density at radius 3 is 2.93 bits per heavy atom. The van der Waals surface area contributed by atoms with Gasteiger partial charge in [-0.3, -0.25) is 4.79 Å². The molecule has 0 aromatic heterocycles. The first-order chi connectivity index (χ1) is 6.74. The SMILES string of the molecule is CCCCCC(=O)O[C@@H]1CCC=C1C. The molecular weight excluding hydrogens is 176 g/mol. The molecule has 0 spiro atoms. The first kappa shape index (κ1) is 11.3. The number of carbonyl (C=O) groups is 1. The monoisotopic (exact) mass is 196 g/mol. The summed E-state index contributed by atoms with van der Waals surface area (Å²) in [5, 5.41) is 0. The maximum atomic E-state index is 11.4. The molecule has 0 fully saturated rings. The first-order valence-electron chi connectivity index (χ1n) is 5.60. The van der Waals surface area contributed by atoms with Gasteiger partial charge in [-0.25, -0.2) is 0 Å². The number of ether oxygens (including phenoxy) is 1. The van der Waals surface area contributed by atoms with Gasteiger partial charge in [0, 0.05) is 6.42 Å². The normalized spacial score (nSPS) is 20.7. The van der Waals surface area contributed by atoms with Crippen molar-refractivity contribution in [2.24, 2.45) is 0 Å². The Hall–Kier alpha value is -0.790. The second kappa shape index (κ2) is 5.84. The number of unbranched alkanes of at least 4 members (excludes halogenated alkanes) is 2. The molecule has 2 heteroatoms. The number of carbonyl (C=O) groups excluding carboxylic acids is 1. The molecule has 0 saturated heterocycles. The molecule has 80 valence electrons. The van der Waals surface area contributed by atoms with E-state index in [4.69, 9.17) is 4.74 Å². The molecule has 0 bridgehead atoms. The van der Waals surface area contributed by atoms with Crippen LogP contribution in [-0.4, -0.2) is 12.1 Å². The summed E-state index contributed by atoms with van der Waals surface area (Å²) in [7, 11) is 0. The largest absolute Gasteiger partial charge is 0.458 e. The highest BCUT2D eigenvalue weighted by Crippen LogP contribution is 2.21. The second-order valence-electron chi connectivity index (χ2n) is 3.96. The highest BCUT2D eigenvalue weighted by molar-refractivity contribution is 5.69. The van der Waals surface area contributed by atoms with E-state index in [-0.39, 0.29) is 12.1 Å². The lowest BCUT2D eigenvalue weighted by Crippen LogP contribution is -2.16. The quantitative estimate of drug-likeness (QED) is 0.383. The minimum absolute atomic E-state index is 0.0295. The fraction of sp³-hybridized carbons (Fsp3) is 0.750. The van der Waals surface area contributed by atoms with Crippen molar-refractivity contribution in [1.82, 2.24) is 0 Å². The smallest absolute Gasteiger partial charge is 0.306 e. The molecule has 0 aromatic carbocycles. The van der Waals surface area contributed by atoms with E-state index in [9.17, 15) is 4.79 Å².